The van der Waals surface area contributed by atoms with Crippen LogP contribution in [0.1, 0.15) is 36.9 Å². The maximum atomic E-state index is 4.29. The van der Waals surface area contributed by atoms with E-state index in [2.05, 4.69) is 60.0 Å². The summed E-state index contributed by atoms with van der Waals surface area (Å²) < 4.78 is 0. The third-order valence-electron chi connectivity index (χ3n) is 3.30. The van der Waals surface area contributed by atoms with E-state index < -0.39 is 0 Å². The number of hydrogen-bond acceptors (Lipinski definition) is 2. The van der Waals surface area contributed by atoms with Gasteiger partial charge in [0.1, 0.15) is 0 Å². The van der Waals surface area contributed by atoms with Crippen molar-refractivity contribution in [1.29, 1.82) is 0 Å². The number of guanidine groups is 1. The zero-order valence-corrected chi connectivity index (χ0v) is 13.9. The van der Waals surface area contributed by atoms with Gasteiger partial charge in [-0.15, -0.1) is 0 Å². The van der Waals surface area contributed by atoms with E-state index in [4.69, 9.17) is 0 Å². The predicted octanol–water partition coefficient (Wildman–Crippen LogP) is 3.36. The van der Waals surface area contributed by atoms with E-state index in [1.165, 1.54) is 29.7 Å². The molecule has 2 N–H and O–H groups in total. The number of rotatable bonds is 7. The normalized spacial score (nSPS) is 13.1. The minimum Gasteiger partial charge on any atom is -0.356 e. The summed E-state index contributed by atoms with van der Waals surface area (Å²) in [5.41, 5.74) is 2.63. The van der Waals surface area contributed by atoms with Gasteiger partial charge in [-0.2, -0.15) is 11.8 Å². The van der Waals surface area contributed by atoms with Crippen LogP contribution < -0.4 is 10.6 Å². The van der Waals surface area contributed by atoms with Crippen molar-refractivity contribution in [3.63, 3.8) is 0 Å². The minimum atomic E-state index is 0.258. The monoisotopic (exact) mass is 293 g/mol. The zero-order valence-electron chi connectivity index (χ0n) is 13.1. The van der Waals surface area contributed by atoms with Crippen molar-refractivity contribution in [2.24, 2.45) is 4.99 Å². The molecule has 20 heavy (non-hydrogen) atoms. The molecule has 1 unspecified atom stereocenters. The van der Waals surface area contributed by atoms with Gasteiger partial charge >= 0.3 is 0 Å². The van der Waals surface area contributed by atoms with Crippen molar-refractivity contribution < 1.29 is 0 Å². The molecule has 0 amide bonds. The SMILES string of the molecule is CN=C(NCCCCSC)NC(C)c1ccccc1C. The van der Waals surface area contributed by atoms with Gasteiger partial charge in [-0.25, -0.2) is 0 Å². The van der Waals surface area contributed by atoms with Crippen LogP contribution in [-0.2, 0) is 0 Å². The number of thioether (sulfide) groups is 1. The van der Waals surface area contributed by atoms with Gasteiger partial charge in [-0.1, -0.05) is 24.3 Å². The van der Waals surface area contributed by atoms with Gasteiger partial charge in [0.2, 0.25) is 0 Å². The first-order chi connectivity index (χ1) is 9.69. The van der Waals surface area contributed by atoms with Crippen molar-refractivity contribution in [3.8, 4) is 0 Å². The number of nitrogens with one attached hydrogen (secondary N) is 2. The first-order valence-electron chi connectivity index (χ1n) is 7.20. The van der Waals surface area contributed by atoms with E-state index in [0.29, 0.717) is 0 Å². The Labute approximate surface area is 127 Å². The summed E-state index contributed by atoms with van der Waals surface area (Å²) in [6, 6.07) is 8.72. The lowest BCUT2D eigenvalue weighted by atomic mass is 10.0. The molecule has 0 saturated heterocycles. The van der Waals surface area contributed by atoms with Crippen molar-refractivity contribution in [3.05, 3.63) is 35.4 Å². The molecule has 112 valence electrons. The summed E-state index contributed by atoms with van der Waals surface area (Å²) in [6.07, 6.45) is 4.58. The van der Waals surface area contributed by atoms with Crippen LogP contribution in [0.25, 0.3) is 0 Å². The summed E-state index contributed by atoms with van der Waals surface area (Å²) in [4.78, 5) is 4.29. The maximum absolute atomic E-state index is 4.29. The molecular formula is C16H27N3S. The second-order valence-corrected chi connectivity index (χ2v) is 5.91. The lowest BCUT2D eigenvalue weighted by molar-refractivity contribution is 0.669. The highest BCUT2D eigenvalue weighted by molar-refractivity contribution is 7.98. The van der Waals surface area contributed by atoms with Crippen molar-refractivity contribution in [2.75, 3.05) is 25.6 Å². The largest absolute Gasteiger partial charge is 0.356 e. The molecule has 0 aromatic heterocycles. The third-order valence-corrected chi connectivity index (χ3v) is 4.00. The lowest BCUT2D eigenvalue weighted by Gasteiger charge is -2.19. The average Bonchev–Trinajstić information content (AvgIpc) is 2.46. The Morgan fingerprint density at radius 2 is 2.05 bits per heavy atom. The van der Waals surface area contributed by atoms with Crippen molar-refractivity contribution >= 4 is 17.7 Å². The number of aliphatic imine (C=N–C) groups is 1. The molecule has 1 aromatic rings. The van der Waals surface area contributed by atoms with Crippen LogP contribution in [0.15, 0.2) is 29.3 Å². The van der Waals surface area contributed by atoms with Gasteiger partial charge in [0.15, 0.2) is 5.96 Å². The number of benzene rings is 1. The summed E-state index contributed by atoms with van der Waals surface area (Å²) in [5.74, 6) is 2.11. The van der Waals surface area contributed by atoms with Crippen LogP contribution in [0, 0.1) is 6.92 Å². The third kappa shape index (κ3) is 5.87. The zero-order chi connectivity index (χ0) is 14.8. The molecule has 0 bridgehead atoms. The van der Waals surface area contributed by atoms with Crippen LogP contribution in [0.4, 0.5) is 0 Å². The maximum Gasteiger partial charge on any atom is 0.191 e. The van der Waals surface area contributed by atoms with E-state index in [1.807, 2.05) is 18.8 Å². The van der Waals surface area contributed by atoms with Crippen LogP contribution >= 0.6 is 11.8 Å². The summed E-state index contributed by atoms with van der Waals surface area (Å²) in [7, 11) is 1.82. The van der Waals surface area contributed by atoms with E-state index in [-0.39, 0.29) is 6.04 Å². The Bertz CT molecular complexity index is 418. The van der Waals surface area contributed by atoms with Gasteiger partial charge in [0, 0.05) is 13.6 Å². The molecule has 3 nitrogen and oxygen atoms in total. The van der Waals surface area contributed by atoms with Gasteiger partial charge in [-0.3, -0.25) is 4.99 Å². The molecule has 0 aliphatic carbocycles. The lowest BCUT2D eigenvalue weighted by Crippen LogP contribution is -2.39. The molecule has 4 heteroatoms. The van der Waals surface area contributed by atoms with Gasteiger partial charge < -0.3 is 10.6 Å². The van der Waals surface area contributed by atoms with Gasteiger partial charge in [0.05, 0.1) is 6.04 Å². The standard InChI is InChI=1S/C16H27N3S/c1-13-9-5-6-10-15(13)14(2)19-16(17-3)18-11-7-8-12-20-4/h5-6,9-10,14H,7-8,11-12H2,1-4H3,(H2,17,18,19). The molecule has 1 aromatic carbocycles. The van der Waals surface area contributed by atoms with Crippen LogP contribution in [0.2, 0.25) is 0 Å². The molecule has 1 rings (SSSR count). The smallest absolute Gasteiger partial charge is 0.191 e. The Balaban J connectivity index is 2.42. The van der Waals surface area contributed by atoms with Crippen molar-refractivity contribution in [1.82, 2.24) is 10.6 Å². The van der Waals surface area contributed by atoms with Crippen LogP contribution in [0.3, 0.4) is 0 Å². The molecule has 1 atom stereocenters. The summed E-state index contributed by atoms with van der Waals surface area (Å²) in [6.45, 7) is 5.29. The highest BCUT2D eigenvalue weighted by Crippen LogP contribution is 2.16. The fourth-order valence-corrected chi connectivity index (χ4v) is 2.62. The van der Waals surface area contributed by atoms with Crippen LogP contribution in [-0.4, -0.2) is 31.6 Å². The number of aryl methyl sites for hydroxylation is 1. The van der Waals surface area contributed by atoms with Gasteiger partial charge in [-0.05, 0) is 49.8 Å². The topological polar surface area (TPSA) is 36.4 Å². The number of hydrogen-bond donors (Lipinski definition) is 2. The van der Waals surface area contributed by atoms with Gasteiger partial charge in [0.25, 0.3) is 0 Å². The summed E-state index contributed by atoms with van der Waals surface area (Å²) in [5, 5.41) is 6.83. The highest BCUT2D eigenvalue weighted by Gasteiger charge is 2.09. The predicted molar refractivity (Wildman–Crippen MR) is 91.7 cm³/mol. The van der Waals surface area contributed by atoms with Crippen LogP contribution in [0.5, 0.6) is 0 Å². The quantitative estimate of drug-likeness (QED) is 0.460. The molecule has 0 radical (unpaired) electrons. The molecule has 0 spiro atoms. The Morgan fingerprint density at radius 1 is 1.30 bits per heavy atom. The summed E-state index contributed by atoms with van der Waals surface area (Å²) >= 11 is 1.90. The molecule has 0 aliphatic heterocycles. The molecular weight excluding hydrogens is 266 g/mol. The van der Waals surface area contributed by atoms with E-state index in [9.17, 15) is 0 Å². The molecule has 0 saturated carbocycles. The molecule has 0 heterocycles. The van der Waals surface area contributed by atoms with E-state index in [1.54, 1.807) is 0 Å². The highest BCUT2D eigenvalue weighted by atomic mass is 32.2. The van der Waals surface area contributed by atoms with E-state index >= 15 is 0 Å². The fourth-order valence-electron chi connectivity index (χ4n) is 2.13. The second-order valence-electron chi connectivity index (χ2n) is 4.92. The Morgan fingerprint density at radius 3 is 2.70 bits per heavy atom. The number of unbranched alkanes of at least 4 members (excludes halogenated alkanes) is 1. The minimum absolute atomic E-state index is 0.258. The van der Waals surface area contributed by atoms with Crippen molar-refractivity contribution in [2.45, 2.75) is 32.7 Å². The Kier molecular flexibility index (Phi) is 8.19. The second kappa shape index (κ2) is 9.70. The van der Waals surface area contributed by atoms with E-state index in [0.717, 1.165) is 12.5 Å². The fraction of sp³-hybridized carbons (Fsp3) is 0.562. The molecule has 0 fully saturated rings. The first-order valence-corrected chi connectivity index (χ1v) is 8.60. The first kappa shape index (κ1) is 16.9. The molecule has 0 aliphatic rings. The average molecular weight is 293 g/mol. The Hall–Kier alpha value is -1.16. The number of nitrogens with zero attached hydrogens (tertiary/aromatic N) is 1.